The summed E-state index contributed by atoms with van der Waals surface area (Å²) in [5.41, 5.74) is 1.78. The van der Waals surface area contributed by atoms with Crippen molar-refractivity contribution in [2.24, 2.45) is 23.7 Å². The van der Waals surface area contributed by atoms with E-state index in [0.29, 0.717) is 47.8 Å². The fourth-order valence-electron chi connectivity index (χ4n) is 10.8. The monoisotopic (exact) mass is 434 g/mol. The molecule has 7 fully saturated rings. The summed E-state index contributed by atoms with van der Waals surface area (Å²) in [7, 11) is 0. The van der Waals surface area contributed by atoms with Gasteiger partial charge in [-0.25, -0.2) is 9.59 Å². The molecule has 0 aromatic carbocycles. The van der Waals surface area contributed by atoms with E-state index in [1.165, 1.54) is 36.8 Å². The third kappa shape index (κ3) is 1.68. The number of carbonyl (C=O) groups excluding carboxylic acids is 2. The minimum atomic E-state index is -0.394. The minimum Gasteiger partial charge on any atom is -0.450 e. The maximum atomic E-state index is 12.7. The van der Waals surface area contributed by atoms with E-state index in [-0.39, 0.29) is 11.9 Å². The molecule has 0 aromatic rings. The molecule has 4 bridgehead atoms. The van der Waals surface area contributed by atoms with Gasteiger partial charge >= 0.3 is 11.9 Å². The van der Waals surface area contributed by atoms with E-state index in [1.807, 2.05) is 12.2 Å². The topological polar surface area (TPSA) is 59.1 Å². The van der Waals surface area contributed by atoms with E-state index in [2.05, 4.69) is 9.80 Å². The lowest BCUT2D eigenvalue weighted by atomic mass is 9.41. The Balaban J connectivity index is 1.23. The van der Waals surface area contributed by atoms with Crippen LogP contribution < -0.4 is 0 Å². The predicted molar refractivity (Wildman–Crippen MR) is 113 cm³/mol. The van der Waals surface area contributed by atoms with Gasteiger partial charge in [0.25, 0.3) is 0 Å². The average molecular weight is 435 g/mol. The summed E-state index contributed by atoms with van der Waals surface area (Å²) in [5, 5.41) is 0. The van der Waals surface area contributed by atoms with Crippen LogP contribution in [0.25, 0.3) is 0 Å². The number of piperidine rings is 2. The first-order valence-electron chi connectivity index (χ1n) is 13.0. The van der Waals surface area contributed by atoms with Gasteiger partial charge in [0.1, 0.15) is 0 Å². The maximum absolute atomic E-state index is 12.7. The van der Waals surface area contributed by atoms with Gasteiger partial charge in [0.15, 0.2) is 11.2 Å². The second kappa shape index (κ2) is 5.35. The first-order chi connectivity index (χ1) is 15.6. The number of hydrogen-bond acceptors (Lipinski definition) is 6. The Morgan fingerprint density at radius 3 is 1.66 bits per heavy atom. The first kappa shape index (κ1) is 17.8. The fraction of sp³-hybridized carbons (Fsp3) is 0.769. The standard InChI is InChI=1S/C26H30N2O4/c29-19-9-13-21-22-14-10-20(30)32-26(14)12-16(28-8-4-2-6-18(26)28)24(22)23(21)15-11-25(13,31-19)17-5-1-3-7-27(15)17/h9-10,15-18,21-24H,1-8,11-12H2/t15-,16-,17+,18+,21+,22+,23+,24+,25-,26-/m1/s1. The van der Waals surface area contributed by atoms with Gasteiger partial charge in [0.2, 0.25) is 0 Å². The number of ether oxygens (including phenoxy) is 2. The van der Waals surface area contributed by atoms with Crippen LogP contribution in [0.15, 0.2) is 23.3 Å². The average Bonchev–Trinajstić information content (AvgIpc) is 3.46. The molecule has 0 aromatic heterocycles. The molecule has 9 rings (SSSR count). The van der Waals surface area contributed by atoms with Gasteiger partial charge < -0.3 is 9.47 Å². The van der Waals surface area contributed by atoms with E-state index in [4.69, 9.17) is 9.47 Å². The van der Waals surface area contributed by atoms with Crippen LogP contribution in [0.1, 0.15) is 51.4 Å². The highest BCUT2D eigenvalue weighted by atomic mass is 16.6. The van der Waals surface area contributed by atoms with Gasteiger partial charge in [-0.15, -0.1) is 0 Å². The molecular weight excluding hydrogens is 404 g/mol. The van der Waals surface area contributed by atoms with E-state index in [1.54, 1.807) is 0 Å². The van der Waals surface area contributed by atoms with Crippen molar-refractivity contribution < 1.29 is 19.1 Å². The van der Waals surface area contributed by atoms with Gasteiger partial charge in [0.05, 0.1) is 12.1 Å². The smallest absolute Gasteiger partial charge is 0.331 e. The van der Waals surface area contributed by atoms with Gasteiger partial charge in [-0.3, -0.25) is 9.80 Å². The molecule has 0 unspecified atom stereocenters. The Morgan fingerprint density at radius 1 is 0.719 bits per heavy atom. The van der Waals surface area contributed by atoms with Crippen LogP contribution in [0.5, 0.6) is 0 Å². The lowest BCUT2D eigenvalue weighted by Crippen LogP contribution is -2.66. The molecule has 2 spiro atoms. The van der Waals surface area contributed by atoms with Crippen LogP contribution in [0.4, 0.5) is 0 Å². The van der Waals surface area contributed by atoms with Gasteiger partial charge in [-0.05, 0) is 73.6 Å². The number of nitrogens with zero attached hydrogens (tertiary/aromatic N) is 2. The van der Waals surface area contributed by atoms with Crippen molar-refractivity contribution in [3.05, 3.63) is 23.3 Å². The van der Waals surface area contributed by atoms with Crippen molar-refractivity contribution in [1.29, 1.82) is 0 Å². The Kier molecular flexibility index (Phi) is 2.97. The molecule has 6 saturated heterocycles. The molecule has 9 aliphatic rings. The third-order valence-corrected chi connectivity index (χ3v) is 11.4. The van der Waals surface area contributed by atoms with Crippen molar-refractivity contribution in [3.8, 4) is 0 Å². The normalized spacial score (nSPS) is 56.5. The molecule has 10 atom stereocenters. The summed E-state index contributed by atoms with van der Waals surface area (Å²) >= 11 is 0. The SMILES string of the molecule is O=C1C=C2[C@H]3[C@@H]4C5=CC(=O)O[C@]56C[C@H]([C@@H]4[C@H]3[C@H]3C[C@]2(O1)[C@@H]1CCCCN31)N1CCCC[C@H]16. The Morgan fingerprint density at radius 2 is 1.19 bits per heavy atom. The van der Waals surface area contributed by atoms with Gasteiger partial charge in [-0.2, -0.15) is 0 Å². The fourth-order valence-corrected chi connectivity index (χ4v) is 10.8. The highest BCUT2D eigenvalue weighted by molar-refractivity contribution is 5.89. The summed E-state index contributed by atoms with van der Waals surface area (Å²) in [6.45, 7) is 2.29. The number of esters is 2. The summed E-state index contributed by atoms with van der Waals surface area (Å²) in [6, 6.07) is 1.75. The summed E-state index contributed by atoms with van der Waals surface area (Å²) in [6.07, 6.45) is 13.0. The molecular formula is C26H30N2O4. The lowest BCUT2D eigenvalue weighted by Gasteiger charge is -2.64. The van der Waals surface area contributed by atoms with E-state index >= 15 is 0 Å². The molecule has 0 radical (unpaired) electrons. The van der Waals surface area contributed by atoms with Gasteiger partial charge in [-0.1, -0.05) is 12.8 Å². The largest absolute Gasteiger partial charge is 0.450 e. The highest BCUT2D eigenvalue weighted by Gasteiger charge is 2.79. The molecule has 1 aliphatic carbocycles. The van der Waals surface area contributed by atoms with Crippen LogP contribution in [-0.4, -0.2) is 70.2 Å². The summed E-state index contributed by atoms with van der Waals surface area (Å²) in [5.74, 6) is 1.59. The lowest BCUT2D eigenvalue weighted by molar-refractivity contribution is -0.156. The number of rotatable bonds is 0. The van der Waals surface area contributed by atoms with Crippen molar-refractivity contribution in [2.45, 2.75) is 86.7 Å². The molecule has 8 heterocycles. The zero-order valence-electron chi connectivity index (χ0n) is 18.4. The predicted octanol–water partition coefficient (Wildman–Crippen LogP) is 2.19. The Hall–Kier alpha value is -1.66. The zero-order chi connectivity index (χ0) is 21.0. The summed E-state index contributed by atoms with van der Waals surface area (Å²) in [4.78, 5) is 30.9. The number of fused-ring (bicyclic) bond motifs is 8. The molecule has 0 N–H and O–H groups in total. The second-order valence-corrected chi connectivity index (χ2v) is 12.1. The highest BCUT2D eigenvalue weighted by Crippen LogP contribution is 2.74. The molecule has 0 amide bonds. The first-order valence-corrected chi connectivity index (χ1v) is 13.0. The molecule has 32 heavy (non-hydrogen) atoms. The maximum Gasteiger partial charge on any atom is 0.331 e. The van der Waals surface area contributed by atoms with Crippen LogP contribution in [0.2, 0.25) is 0 Å². The van der Waals surface area contributed by atoms with E-state index < -0.39 is 11.2 Å². The molecule has 168 valence electrons. The molecule has 8 aliphatic heterocycles. The number of carbonyl (C=O) groups is 2. The molecule has 1 saturated carbocycles. The van der Waals surface area contributed by atoms with Crippen LogP contribution >= 0.6 is 0 Å². The van der Waals surface area contributed by atoms with E-state index in [9.17, 15) is 9.59 Å². The quantitative estimate of drug-likeness (QED) is 0.545. The number of hydrogen-bond donors (Lipinski definition) is 0. The van der Waals surface area contributed by atoms with Crippen molar-refractivity contribution in [3.63, 3.8) is 0 Å². The van der Waals surface area contributed by atoms with Crippen molar-refractivity contribution in [1.82, 2.24) is 9.80 Å². The van der Waals surface area contributed by atoms with Crippen molar-refractivity contribution in [2.75, 3.05) is 13.1 Å². The third-order valence-electron chi connectivity index (χ3n) is 11.4. The summed E-state index contributed by atoms with van der Waals surface area (Å²) < 4.78 is 12.5. The van der Waals surface area contributed by atoms with Gasteiger partial charge in [0, 0.05) is 37.1 Å². The zero-order valence-corrected chi connectivity index (χ0v) is 18.4. The second-order valence-electron chi connectivity index (χ2n) is 12.1. The van der Waals surface area contributed by atoms with Crippen LogP contribution in [-0.2, 0) is 19.1 Å². The molecule has 6 nitrogen and oxygen atoms in total. The van der Waals surface area contributed by atoms with Crippen LogP contribution in [0.3, 0.4) is 0 Å². The van der Waals surface area contributed by atoms with Crippen LogP contribution in [0, 0.1) is 23.7 Å². The van der Waals surface area contributed by atoms with Crippen molar-refractivity contribution >= 4 is 11.9 Å². The minimum absolute atomic E-state index is 0.131. The Bertz CT molecular complexity index is 968. The van der Waals surface area contributed by atoms with E-state index in [0.717, 1.165) is 38.8 Å². The Labute approximate surface area is 188 Å². The molecule has 6 heteroatoms.